The first-order valence-electron chi connectivity index (χ1n) is 9.26. The topological polar surface area (TPSA) is 54.5 Å². The maximum absolute atomic E-state index is 12.8. The third-order valence-corrected chi connectivity index (χ3v) is 5.76. The molecule has 1 N–H and O–H groups in total. The molecule has 1 aromatic heterocycles. The lowest BCUT2D eigenvalue weighted by molar-refractivity contribution is -0.133. The number of hydrogen-bond donors (Lipinski definition) is 1. The molecule has 0 saturated carbocycles. The fourth-order valence-corrected chi connectivity index (χ4v) is 4.14. The highest BCUT2D eigenvalue weighted by Crippen LogP contribution is 2.38. The van der Waals surface area contributed by atoms with Crippen molar-refractivity contribution in [1.29, 1.82) is 0 Å². The van der Waals surface area contributed by atoms with E-state index in [1.807, 2.05) is 24.3 Å². The molecular formula is C21H25N3O2. The molecule has 1 saturated heterocycles. The van der Waals surface area contributed by atoms with E-state index in [9.17, 15) is 4.79 Å². The third kappa shape index (κ3) is 3.31. The Morgan fingerprint density at radius 1 is 1.12 bits per heavy atom. The zero-order valence-electron chi connectivity index (χ0n) is 15.2. The number of likely N-dealkylation sites (tertiary alicyclic amines) is 1. The highest BCUT2D eigenvalue weighted by atomic mass is 16.5. The quantitative estimate of drug-likeness (QED) is 0.923. The van der Waals surface area contributed by atoms with Gasteiger partial charge in [-0.2, -0.15) is 0 Å². The third-order valence-electron chi connectivity index (χ3n) is 5.76. The van der Waals surface area contributed by atoms with Gasteiger partial charge >= 0.3 is 0 Å². The van der Waals surface area contributed by atoms with E-state index < -0.39 is 0 Å². The van der Waals surface area contributed by atoms with Crippen molar-refractivity contribution in [2.24, 2.45) is 5.41 Å². The van der Waals surface area contributed by atoms with Gasteiger partial charge in [0.2, 0.25) is 11.8 Å². The van der Waals surface area contributed by atoms with E-state index >= 15 is 0 Å². The second-order valence-corrected chi connectivity index (χ2v) is 7.36. The molecule has 5 heteroatoms. The van der Waals surface area contributed by atoms with Gasteiger partial charge in [0.15, 0.2) is 0 Å². The number of nitrogens with zero attached hydrogens (tertiary/aromatic N) is 2. The number of carbonyl (C=O) groups excluding carboxylic acids is 1. The molecule has 0 atom stereocenters. The molecule has 1 fully saturated rings. The lowest BCUT2D eigenvalue weighted by Gasteiger charge is -2.40. The summed E-state index contributed by atoms with van der Waals surface area (Å²) in [5.74, 6) is 0.864. The fourth-order valence-electron chi connectivity index (χ4n) is 4.14. The Kier molecular flexibility index (Phi) is 4.64. The van der Waals surface area contributed by atoms with Crippen LogP contribution in [0.25, 0.3) is 0 Å². The Morgan fingerprint density at radius 3 is 2.65 bits per heavy atom. The van der Waals surface area contributed by atoms with E-state index in [-0.39, 0.29) is 11.3 Å². The highest BCUT2D eigenvalue weighted by Gasteiger charge is 2.42. The maximum atomic E-state index is 12.8. The summed E-state index contributed by atoms with van der Waals surface area (Å²) in [6.07, 6.45) is 2.62. The van der Waals surface area contributed by atoms with Crippen molar-refractivity contribution in [2.75, 3.05) is 20.2 Å². The number of nitrogens with one attached hydrogen (secondary N) is 1. The Balaban J connectivity index is 1.45. The van der Waals surface area contributed by atoms with Crippen molar-refractivity contribution in [3.63, 3.8) is 0 Å². The minimum absolute atomic E-state index is 0.216. The molecule has 2 aliphatic heterocycles. The Morgan fingerprint density at radius 2 is 1.88 bits per heavy atom. The van der Waals surface area contributed by atoms with Gasteiger partial charge in [0.25, 0.3) is 0 Å². The average molecular weight is 351 g/mol. The summed E-state index contributed by atoms with van der Waals surface area (Å²) in [5.41, 5.74) is 3.30. The van der Waals surface area contributed by atoms with Gasteiger partial charge in [-0.25, -0.2) is 4.98 Å². The van der Waals surface area contributed by atoms with E-state index in [4.69, 9.17) is 4.74 Å². The monoisotopic (exact) mass is 351 g/mol. The van der Waals surface area contributed by atoms with Gasteiger partial charge < -0.3 is 10.1 Å². The molecule has 1 spiro atoms. The first kappa shape index (κ1) is 17.0. The standard InChI is InChI=1S/C21H25N3O2/c1-26-19-8-4-7-18(23-19)15-24-11-9-21(10-12-24)13-16-5-2-3-6-17(16)14-22-20(21)25/h2-8H,9-15H2,1H3,(H,22,25). The van der Waals surface area contributed by atoms with E-state index in [2.05, 4.69) is 33.4 Å². The van der Waals surface area contributed by atoms with Crippen molar-refractivity contribution >= 4 is 5.91 Å². The predicted octanol–water partition coefficient (Wildman–Crippen LogP) is 2.54. The van der Waals surface area contributed by atoms with Crippen LogP contribution in [0.3, 0.4) is 0 Å². The molecule has 2 aromatic rings. The van der Waals surface area contributed by atoms with Crippen molar-refractivity contribution in [3.8, 4) is 5.88 Å². The predicted molar refractivity (Wildman–Crippen MR) is 99.7 cm³/mol. The van der Waals surface area contributed by atoms with Gasteiger partial charge in [-0.3, -0.25) is 9.69 Å². The molecule has 1 aromatic carbocycles. The fraction of sp³-hybridized carbons (Fsp3) is 0.429. The molecule has 0 unspecified atom stereocenters. The van der Waals surface area contributed by atoms with Crippen LogP contribution in [0.5, 0.6) is 5.88 Å². The largest absolute Gasteiger partial charge is 0.481 e. The van der Waals surface area contributed by atoms with E-state index in [1.165, 1.54) is 11.1 Å². The molecule has 4 rings (SSSR count). The smallest absolute Gasteiger partial charge is 0.226 e. The zero-order valence-corrected chi connectivity index (χ0v) is 15.2. The molecule has 0 aliphatic carbocycles. The number of carbonyl (C=O) groups is 1. The van der Waals surface area contributed by atoms with Crippen LogP contribution in [-0.4, -0.2) is 36.0 Å². The molecule has 0 bridgehead atoms. The summed E-state index contributed by atoms with van der Waals surface area (Å²) in [6.45, 7) is 3.27. The maximum Gasteiger partial charge on any atom is 0.226 e. The lowest BCUT2D eigenvalue weighted by atomic mass is 9.73. The van der Waals surface area contributed by atoms with Gasteiger partial charge in [0.05, 0.1) is 18.2 Å². The number of fused-ring (bicyclic) bond motifs is 1. The number of methoxy groups -OCH3 is 1. The Bertz CT molecular complexity index is 797. The second-order valence-electron chi connectivity index (χ2n) is 7.36. The van der Waals surface area contributed by atoms with Crippen molar-refractivity contribution in [3.05, 3.63) is 59.3 Å². The van der Waals surface area contributed by atoms with Gasteiger partial charge in [0, 0.05) is 19.2 Å². The van der Waals surface area contributed by atoms with Crippen LogP contribution in [-0.2, 0) is 24.3 Å². The highest BCUT2D eigenvalue weighted by molar-refractivity contribution is 5.83. The average Bonchev–Trinajstić information content (AvgIpc) is 2.81. The first-order valence-corrected chi connectivity index (χ1v) is 9.26. The van der Waals surface area contributed by atoms with Gasteiger partial charge in [-0.1, -0.05) is 30.3 Å². The molecule has 1 amide bonds. The number of amides is 1. The van der Waals surface area contributed by atoms with E-state index in [0.717, 1.165) is 44.6 Å². The Labute approximate surface area is 154 Å². The molecule has 2 aliphatic rings. The number of ether oxygens (including phenoxy) is 1. The molecule has 26 heavy (non-hydrogen) atoms. The summed E-state index contributed by atoms with van der Waals surface area (Å²) in [6, 6.07) is 14.3. The number of piperidine rings is 1. The summed E-state index contributed by atoms with van der Waals surface area (Å²) >= 11 is 0. The van der Waals surface area contributed by atoms with Crippen LogP contribution >= 0.6 is 0 Å². The molecule has 5 nitrogen and oxygen atoms in total. The number of pyridine rings is 1. The van der Waals surface area contributed by atoms with Crippen LogP contribution in [0, 0.1) is 5.41 Å². The number of benzene rings is 1. The van der Waals surface area contributed by atoms with Crippen molar-refractivity contribution in [2.45, 2.75) is 32.4 Å². The summed E-state index contributed by atoms with van der Waals surface area (Å²) in [4.78, 5) is 19.7. The second kappa shape index (κ2) is 7.08. The number of hydrogen-bond acceptors (Lipinski definition) is 4. The van der Waals surface area contributed by atoms with Crippen molar-refractivity contribution in [1.82, 2.24) is 15.2 Å². The van der Waals surface area contributed by atoms with E-state index in [1.54, 1.807) is 7.11 Å². The molecule has 0 radical (unpaired) electrons. The summed E-state index contributed by atoms with van der Waals surface area (Å²) < 4.78 is 5.21. The first-order chi connectivity index (χ1) is 12.7. The van der Waals surface area contributed by atoms with Crippen LogP contribution in [0.15, 0.2) is 42.5 Å². The van der Waals surface area contributed by atoms with Gasteiger partial charge in [-0.05, 0) is 49.5 Å². The van der Waals surface area contributed by atoms with Crippen LogP contribution in [0.1, 0.15) is 29.7 Å². The minimum Gasteiger partial charge on any atom is -0.481 e. The summed E-state index contributed by atoms with van der Waals surface area (Å²) in [7, 11) is 1.64. The lowest BCUT2D eigenvalue weighted by Crippen LogP contribution is -2.48. The van der Waals surface area contributed by atoms with Gasteiger partial charge in [-0.15, -0.1) is 0 Å². The summed E-state index contributed by atoms with van der Waals surface area (Å²) in [5, 5.41) is 3.15. The SMILES string of the molecule is COc1cccc(CN2CCC3(CC2)Cc2ccccc2CNC3=O)n1. The van der Waals surface area contributed by atoms with Crippen LogP contribution in [0.2, 0.25) is 0 Å². The van der Waals surface area contributed by atoms with Crippen LogP contribution < -0.4 is 10.1 Å². The molecule has 3 heterocycles. The van der Waals surface area contributed by atoms with Crippen molar-refractivity contribution < 1.29 is 9.53 Å². The molecular weight excluding hydrogens is 326 g/mol. The van der Waals surface area contributed by atoms with Crippen LogP contribution in [0.4, 0.5) is 0 Å². The zero-order chi connectivity index (χ0) is 18.0. The minimum atomic E-state index is -0.273. The Hall–Kier alpha value is -2.40. The number of rotatable bonds is 3. The van der Waals surface area contributed by atoms with E-state index in [0.29, 0.717) is 12.4 Å². The normalized spacial score (nSPS) is 19.5. The number of aromatic nitrogens is 1. The molecule has 136 valence electrons. The van der Waals surface area contributed by atoms with Gasteiger partial charge in [0.1, 0.15) is 0 Å².